The van der Waals surface area contributed by atoms with Crippen LogP contribution >= 0.6 is 0 Å². The maximum absolute atomic E-state index is 13.9. The third-order valence-electron chi connectivity index (χ3n) is 4.44. The molecule has 1 atom stereocenters. The second-order valence-electron chi connectivity index (χ2n) is 6.00. The van der Waals surface area contributed by atoms with Gasteiger partial charge in [0, 0.05) is 32.2 Å². The molecule has 1 aromatic rings. The van der Waals surface area contributed by atoms with E-state index in [0.717, 1.165) is 16.4 Å². The first kappa shape index (κ1) is 17.2. The predicted molar refractivity (Wildman–Crippen MR) is 82.7 cm³/mol. The van der Waals surface area contributed by atoms with Crippen molar-refractivity contribution in [2.45, 2.75) is 23.8 Å². The van der Waals surface area contributed by atoms with Gasteiger partial charge in [-0.2, -0.15) is 4.31 Å². The van der Waals surface area contributed by atoms with E-state index in [-0.39, 0.29) is 31.6 Å². The van der Waals surface area contributed by atoms with Crippen LogP contribution in [0.1, 0.15) is 12.8 Å². The van der Waals surface area contributed by atoms with Crippen LogP contribution in [-0.2, 0) is 14.8 Å². The highest BCUT2D eigenvalue weighted by molar-refractivity contribution is 7.89. The lowest BCUT2D eigenvalue weighted by Gasteiger charge is -2.40. The van der Waals surface area contributed by atoms with Crippen LogP contribution in [-0.4, -0.2) is 62.3 Å². The maximum Gasteiger partial charge on any atom is 0.246 e. The fourth-order valence-corrected chi connectivity index (χ4v) is 4.81. The number of hydrogen-bond donors (Lipinski definition) is 1. The van der Waals surface area contributed by atoms with E-state index in [4.69, 9.17) is 0 Å². The summed E-state index contributed by atoms with van der Waals surface area (Å²) in [5, 5.41) is 2.97. The molecule has 1 N–H and O–H groups in total. The van der Waals surface area contributed by atoms with Gasteiger partial charge in [0.25, 0.3) is 0 Å². The Kier molecular flexibility index (Phi) is 4.84. The summed E-state index contributed by atoms with van der Waals surface area (Å²) in [6.45, 7) is 1.75. The Bertz CT molecular complexity index is 741. The topological polar surface area (TPSA) is 69.7 Å². The van der Waals surface area contributed by atoms with Crippen LogP contribution < -0.4 is 5.32 Å². The number of amides is 1. The zero-order valence-corrected chi connectivity index (χ0v) is 13.9. The van der Waals surface area contributed by atoms with Gasteiger partial charge in [0.1, 0.15) is 16.5 Å². The average molecular weight is 359 g/mol. The van der Waals surface area contributed by atoms with Crippen molar-refractivity contribution >= 4 is 15.9 Å². The van der Waals surface area contributed by atoms with Crippen molar-refractivity contribution < 1.29 is 22.0 Å². The van der Waals surface area contributed by atoms with Crippen LogP contribution in [0.15, 0.2) is 23.1 Å². The standard InChI is InChI=1S/C15H19F2N3O3S/c16-11-3-4-13(17)14(8-11)24(22,23)19-6-1-2-12(10-19)20-7-5-18-9-15(20)21/h3-4,8,12,18H,1-2,5-7,9-10H2. The Labute approximate surface area is 139 Å². The van der Waals surface area contributed by atoms with Crippen LogP contribution in [0.25, 0.3) is 0 Å². The Hall–Kier alpha value is -1.58. The van der Waals surface area contributed by atoms with E-state index in [1.165, 1.54) is 0 Å². The van der Waals surface area contributed by atoms with Gasteiger partial charge in [0.2, 0.25) is 15.9 Å². The molecule has 2 heterocycles. The summed E-state index contributed by atoms with van der Waals surface area (Å²) in [5.74, 6) is -1.85. The van der Waals surface area contributed by atoms with E-state index in [0.29, 0.717) is 32.0 Å². The normalized spacial score (nSPS) is 23.5. The van der Waals surface area contributed by atoms with Crippen molar-refractivity contribution in [1.82, 2.24) is 14.5 Å². The summed E-state index contributed by atoms with van der Waals surface area (Å²) in [7, 11) is -4.14. The van der Waals surface area contributed by atoms with Crippen LogP contribution in [0.3, 0.4) is 0 Å². The minimum Gasteiger partial charge on any atom is -0.336 e. The number of sulfonamides is 1. The number of hydrogen-bond acceptors (Lipinski definition) is 4. The maximum atomic E-state index is 13.9. The van der Waals surface area contributed by atoms with E-state index in [1.807, 2.05) is 0 Å². The van der Waals surface area contributed by atoms with Crippen molar-refractivity contribution in [3.8, 4) is 0 Å². The number of benzene rings is 1. The van der Waals surface area contributed by atoms with E-state index in [1.54, 1.807) is 4.90 Å². The molecule has 0 aliphatic carbocycles. The largest absolute Gasteiger partial charge is 0.336 e. The second kappa shape index (κ2) is 6.73. The Morgan fingerprint density at radius 3 is 2.75 bits per heavy atom. The minimum absolute atomic E-state index is 0.0672. The molecule has 0 aromatic heterocycles. The zero-order chi connectivity index (χ0) is 17.3. The van der Waals surface area contributed by atoms with Crippen molar-refractivity contribution in [1.29, 1.82) is 0 Å². The van der Waals surface area contributed by atoms with Crippen molar-refractivity contribution in [2.24, 2.45) is 0 Å². The van der Waals surface area contributed by atoms with E-state index in [9.17, 15) is 22.0 Å². The summed E-state index contributed by atoms with van der Waals surface area (Å²) < 4.78 is 53.7. The second-order valence-corrected chi connectivity index (χ2v) is 7.90. The zero-order valence-electron chi connectivity index (χ0n) is 13.0. The fraction of sp³-hybridized carbons (Fsp3) is 0.533. The molecule has 0 bridgehead atoms. The average Bonchev–Trinajstić information content (AvgIpc) is 2.57. The molecular formula is C15H19F2N3O3S. The first-order valence-electron chi connectivity index (χ1n) is 7.85. The predicted octanol–water partition coefficient (Wildman–Crippen LogP) is 0.550. The van der Waals surface area contributed by atoms with Crippen molar-refractivity contribution in [3.63, 3.8) is 0 Å². The molecule has 1 unspecified atom stereocenters. The number of rotatable bonds is 3. The van der Waals surface area contributed by atoms with E-state index < -0.39 is 26.6 Å². The van der Waals surface area contributed by atoms with Gasteiger partial charge in [-0.1, -0.05) is 0 Å². The van der Waals surface area contributed by atoms with Crippen LogP contribution in [0, 0.1) is 11.6 Å². The van der Waals surface area contributed by atoms with Crippen molar-refractivity contribution in [3.05, 3.63) is 29.8 Å². The molecule has 1 amide bonds. The van der Waals surface area contributed by atoms with Gasteiger partial charge in [-0.05, 0) is 31.0 Å². The molecule has 6 nitrogen and oxygen atoms in total. The number of piperazine rings is 1. The van der Waals surface area contributed by atoms with Gasteiger partial charge in [0.15, 0.2) is 0 Å². The van der Waals surface area contributed by atoms with Crippen LogP contribution in [0.2, 0.25) is 0 Å². The Morgan fingerprint density at radius 1 is 1.21 bits per heavy atom. The van der Waals surface area contributed by atoms with Crippen molar-refractivity contribution in [2.75, 3.05) is 32.7 Å². The molecule has 9 heteroatoms. The number of carbonyl (C=O) groups excluding carboxylic acids is 1. The molecule has 0 radical (unpaired) electrons. The monoisotopic (exact) mass is 359 g/mol. The highest BCUT2D eigenvalue weighted by atomic mass is 32.2. The highest BCUT2D eigenvalue weighted by Gasteiger charge is 2.36. The minimum atomic E-state index is -4.14. The van der Waals surface area contributed by atoms with E-state index in [2.05, 4.69) is 5.32 Å². The molecule has 132 valence electrons. The lowest BCUT2D eigenvalue weighted by molar-refractivity contribution is -0.135. The SMILES string of the molecule is O=C1CNCCN1C1CCCN(S(=O)(=O)c2cc(F)ccc2F)C1. The number of carbonyl (C=O) groups is 1. The molecule has 2 saturated heterocycles. The van der Waals surface area contributed by atoms with Gasteiger partial charge in [0.05, 0.1) is 6.54 Å². The van der Waals surface area contributed by atoms with Crippen LogP contribution in [0.5, 0.6) is 0 Å². The first-order chi connectivity index (χ1) is 11.4. The summed E-state index contributed by atoms with van der Waals surface area (Å²) in [6, 6.07) is 2.15. The quantitative estimate of drug-likeness (QED) is 0.856. The summed E-state index contributed by atoms with van der Waals surface area (Å²) in [4.78, 5) is 13.0. The molecule has 24 heavy (non-hydrogen) atoms. The summed E-state index contributed by atoms with van der Waals surface area (Å²) in [6.07, 6.45) is 1.27. The first-order valence-corrected chi connectivity index (χ1v) is 9.29. The van der Waals surface area contributed by atoms with Gasteiger partial charge >= 0.3 is 0 Å². The molecule has 2 aliphatic heterocycles. The molecule has 1 aromatic carbocycles. The van der Waals surface area contributed by atoms with E-state index >= 15 is 0 Å². The Morgan fingerprint density at radius 2 is 2.00 bits per heavy atom. The summed E-state index contributed by atoms with van der Waals surface area (Å²) in [5.41, 5.74) is 0. The van der Waals surface area contributed by atoms with Gasteiger partial charge in [-0.25, -0.2) is 17.2 Å². The number of nitrogens with one attached hydrogen (secondary N) is 1. The van der Waals surface area contributed by atoms with Crippen LogP contribution in [0.4, 0.5) is 8.78 Å². The third kappa shape index (κ3) is 3.28. The summed E-state index contributed by atoms with van der Waals surface area (Å²) >= 11 is 0. The lowest BCUT2D eigenvalue weighted by Crippen LogP contribution is -2.57. The fourth-order valence-electron chi connectivity index (χ4n) is 3.21. The highest BCUT2D eigenvalue weighted by Crippen LogP contribution is 2.25. The molecule has 2 fully saturated rings. The molecule has 2 aliphatic rings. The molecule has 0 saturated carbocycles. The molecule has 3 rings (SSSR count). The lowest BCUT2D eigenvalue weighted by atomic mass is 10.1. The number of nitrogens with zero attached hydrogens (tertiary/aromatic N) is 2. The smallest absolute Gasteiger partial charge is 0.246 e. The van der Waals surface area contributed by atoms with Gasteiger partial charge in [-0.3, -0.25) is 4.79 Å². The van der Waals surface area contributed by atoms with Gasteiger partial charge < -0.3 is 10.2 Å². The third-order valence-corrected chi connectivity index (χ3v) is 6.32. The molecule has 0 spiro atoms. The number of halogens is 2. The number of piperidine rings is 1. The molecular weight excluding hydrogens is 340 g/mol. The Balaban J connectivity index is 1.83. The van der Waals surface area contributed by atoms with Gasteiger partial charge in [-0.15, -0.1) is 0 Å².